The third-order valence-corrected chi connectivity index (χ3v) is 5.47. The van der Waals surface area contributed by atoms with Gasteiger partial charge in [-0.05, 0) is 69.1 Å². The first-order chi connectivity index (χ1) is 11.6. The summed E-state index contributed by atoms with van der Waals surface area (Å²) in [4.78, 5) is 0. The highest BCUT2D eigenvalue weighted by Crippen LogP contribution is 2.43. The summed E-state index contributed by atoms with van der Waals surface area (Å²) in [6.07, 6.45) is 3.45. The lowest BCUT2D eigenvalue weighted by atomic mass is 9.71. The molecule has 0 unspecified atom stereocenters. The van der Waals surface area contributed by atoms with Gasteiger partial charge in [-0.15, -0.1) is 0 Å². The number of allylic oxidation sites excluding steroid dienone is 1. The van der Waals surface area contributed by atoms with Crippen molar-refractivity contribution in [1.29, 1.82) is 0 Å². The number of hydrogen-bond acceptors (Lipinski definition) is 1. The molecule has 0 radical (unpaired) electrons. The van der Waals surface area contributed by atoms with Crippen molar-refractivity contribution in [2.45, 2.75) is 25.7 Å². The van der Waals surface area contributed by atoms with Gasteiger partial charge in [-0.2, -0.15) is 0 Å². The summed E-state index contributed by atoms with van der Waals surface area (Å²) in [6, 6.07) is 21.7. The monoisotopic (exact) mass is 426 g/mol. The average Bonchev–Trinajstić information content (AvgIpc) is 2.61. The summed E-state index contributed by atoms with van der Waals surface area (Å²) in [6.45, 7) is 4.66. The fourth-order valence-electron chi connectivity index (χ4n) is 3.57. The molecule has 0 heterocycles. The Morgan fingerprint density at radius 1 is 0.917 bits per heavy atom. The van der Waals surface area contributed by atoms with E-state index in [0.29, 0.717) is 0 Å². The molecule has 0 saturated carbocycles. The largest absolute Gasteiger partial charge is 0.428 e. The van der Waals surface area contributed by atoms with Gasteiger partial charge >= 0.3 is 0 Å². The van der Waals surface area contributed by atoms with E-state index in [4.69, 9.17) is 3.07 Å². The van der Waals surface area contributed by atoms with Crippen LogP contribution in [0.2, 0.25) is 0 Å². The van der Waals surface area contributed by atoms with E-state index < -0.39 is 0 Å². The number of hydrogen-bond donors (Lipinski definition) is 0. The summed E-state index contributed by atoms with van der Waals surface area (Å²) < 4.78 is 5.37. The fourth-order valence-corrected chi connectivity index (χ4v) is 3.85. The number of fused-ring (bicyclic) bond motifs is 2. The highest BCUT2D eigenvalue weighted by Gasteiger charge is 2.28. The van der Waals surface area contributed by atoms with Gasteiger partial charge in [0.25, 0.3) is 0 Å². The third-order valence-electron chi connectivity index (χ3n) is 4.96. The van der Waals surface area contributed by atoms with Crippen LogP contribution in [0.3, 0.4) is 0 Å². The zero-order chi connectivity index (χ0) is 16.7. The molecule has 4 rings (SSSR count). The summed E-state index contributed by atoms with van der Waals surface area (Å²) in [5.41, 5.74) is 5.55. The molecule has 3 aromatic rings. The van der Waals surface area contributed by atoms with Gasteiger partial charge in [0.1, 0.15) is 5.75 Å². The lowest BCUT2D eigenvalue weighted by Crippen LogP contribution is -2.21. The van der Waals surface area contributed by atoms with Crippen molar-refractivity contribution in [1.82, 2.24) is 0 Å². The molecule has 1 aliphatic rings. The highest BCUT2D eigenvalue weighted by atomic mass is 127. The van der Waals surface area contributed by atoms with Gasteiger partial charge in [0, 0.05) is 0 Å². The quantitative estimate of drug-likeness (QED) is 0.416. The minimum absolute atomic E-state index is 0.153. The molecule has 0 fully saturated rings. The Labute approximate surface area is 157 Å². The number of halogens is 1. The van der Waals surface area contributed by atoms with E-state index in [9.17, 15) is 0 Å². The zero-order valence-corrected chi connectivity index (χ0v) is 16.0. The Morgan fingerprint density at radius 3 is 2.46 bits per heavy atom. The van der Waals surface area contributed by atoms with Crippen LogP contribution >= 0.6 is 23.0 Å². The Hall–Kier alpha value is -1.81. The average molecular weight is 426 g/mol. The molecule has 2 heteroatoms. The van der Waals surface area contributed by atoms with Crippen molar-refractivity contribution in [2.24, 2.45) is 0 Å². The smallest absolute Gasteiger partial charge is 0.192 e. The van der Waals surface area contributed by atoms with Crippen LogP contribution in [-0.2, 0) is 5.41 Å². The van der Waals surface area contributed by atoms with Gasteiger partial charge < -0.3 is 3.07 Å². The second-order valence-electron chi connectivity index (χ2n) is 7.06. The predicted molar refractivity (Wildman–Crippen MR) is 110 cm³/mol. The van der Waals surface area contributed by atoms with Gasteiger partial charge in [-0.1, -0.05) is 56.3 Å². The lowest BCUT2D eigenvalue weighted by molar-refractivity contribution is 0.528. The molecule has 120 valence electrons. The predicted octanol–water partition coefficient (Wildman–Crippen LogP) is 6.68. The van der Waals surface area contributed by atoms with Crippen molar-refractivity contribution in [3.05, 3.63) is 83.4 Å². The van der Waals surface area contributed by atoms with Crippen LogP contribution < -0.4 is 3.07 Å². The standard InChI is InChI=1S/C22H19IO/c1-22(2)11-10-19(15-6-4-3-5-7-15)20-13-17-12-18(24-23)9-8-16(17)14-21(20)22/h3-10,12-14H,11H2,1-2H3. The van der Waals surface area contributed by atoms with E-state index >= 15 is 0 Å². The van der Waals surface area contributed by atoms with Gasteiger partial charge in [0.05, 0.1) is 0 Å². The Bertz CT molecular complexity index is 939. The molecule has 0 spiro atoms. The molecule has 3 aromatic carbocycles. The van der Waals surface area contributed by atoms with Crippen molar-refractivity contribution in [2.75, 3.05) is 0 Å². The van der Waals surface area contributed by atoms with Crippen molar-refractivity contribution < 1.29 is 3.07 Å². The molecule has 0 aromatic heterocycles. The van der Waals surface area contributed by atoms with Crippen LogP contribution in [0.15, 0.2) is 66.7 Å². The first-order valence-electron chi connectivity index (χ1n) is 8.21. The van der Waals surface area contributed by atoms with Crippen molar-refractivity contribution >= 4 is 39.4 Å². The van der Waals surface area contributed by atoms with E-state index in [-0.39, 0.29) is 5.41 Å². The molecular weight excluding hydrogens is 407 g/mol. The summed E-state index contributed by atoms with van der Waals surface area (Å²) in [7, 11) is 0. The molecule has 0 bridgehead atoms. The topological polar surface area (TPSA) is 9.23 Å². The molecule has 24 heavy (non-hydrogen) atoms. The Kier molecular flexibility index (Phi) is 3.87. The highest BCUT2D eigenvalue weighted by molar-refractivity contribution is 14.1. The minimum atomic E-state index is 0.153. The maximum atomic E-state index is 5.37. The van der Waals surface area contributed by atoms with Crippen LogP contribution in [0.1, 0.15) is 37.0 Å². The second-order valence-corrected chi connectivity index (χ2v) is 7.50. The minimum Gasteiger partial charge on any atom is -0.428 e. The second kappa shape index (κ2) is 5.92. The molecule has 0 saturated heterocycles. The Balaban J connectivity index is 1.98. The van der Waals surface area contributed by atoms with E-state index in [0.717, 1.165) is 12.2 Å². The summed E-state index contributed by atoms with van der Waals surface area (Å²) in [5.74, 6) is 0.892. The molecule has 1 nitrogen and oxygen atoms in total. The molecule has 0 amide bonds. The maximum absolute atomic E-state index is 5.37. The van der Waals surface area contributed by atoms with Gasteiger partial charge in [-0.3, -0.25) is 0 Å². The normalized spacial score (nSPS) is 15.7. The van der Waals surface area contributed by atoms with Crippen LogP contribution in [0, 0.1) is 0 Å². The van der Waals surface area contributed by atoms with E-state index in [1.807, 2.05) is 29.1 Å². The van der Waals surface area contributed by atoms with Crippen LogP contribution in [0.4, 0.5) is 0 Å². The molecule has 0 N–H and O–H groups in total. The molecular formula is C22H19IO. The first-order valence-corrected chi connectivity index (χ1v) is 9.09. The van der Waals surface area contributed by atoms with Gasteiger partial charge in [-0.25, -0.2) is 0 Å². The molecule has 1 aliphatic carbocycles. The van der Waals surface area contributed by atoms with Crippen LogP contribution in [0.5, 0.6) is 5.75 Å². The molecule has 0 aliphatic heterocycles. The van der Waals surface area contributed by atoms with E-state index in [1.165, 1.54) is 33.0 Å². The maximum Gasteiger partial charge on any atom is 0.192 e. The van der Waals surface area contributed by atoms with Gasteiger partial charge in [0.15, 0.2) is 23.0 Å². The van der Waals surface area contributed by atoms with Crippen molar-refractivity contribution in [3.63, 3.8) is 0 Å². The summed E-state index contributed by atoms with van der Waals surface area (Å²) >= 11 is 1.94. The number of benzene rings is 3. The number of rotatable bonds is 2. The SMILES string of the molecule is CC1(C)CC=C(c2ccccc2)c2cc3cc(OI)ccc3cc21. The third kappa shape index (κ3) is 2.63. The summed E-state index contributed by atoms with van der Waals surface area (Å²) in [5, 5.41) is 2.50. The van der Waals surface area contributed by atoms with Crippen LogP contribution in [-0.4, -0.2) is 0 Å². The van der Waals surface area contributed by atoms with Crippen molar-refractivity contribution in [3.8, 4) is 5.75 Å². The van der Waals surface area contributed by atoms with E-state index in [1.54, 1.807) is 0 Å². The Morgan fingerprint density at radius 2 is 1.71 bits per heavy atom. The van der Waals surface area contributed by atoms with E-state index in [2.05, 4.69) is 74.5 Å². The fraction of sp³-hybridized carbons (Fsp3) is 0.182. The first kappa shape index (κ1) is 15.7. The molecule has 0 atom stereocenters. The van der Waals surface area contributed by atoms with Gasteiger partial charge in [0.2, 0.25) is 0 Å². The van der Waals surface area contributed by atoms with Crippen LogP contribution in [0.25, 0.3) is 16.3 Å². The lowest BCUT2D eigenvalue weighted by Gasteiger charge is -2.32. The zero-order valence-electron chi connectivity index (χ0n) is 13.8.